The van der Waals surface area contributed by atoms with Crippen LogP contribution >= 0.6 is 0 Å². The normalized spacial score (nSPS) is 11.9. The monoisotopic (exact) mass is 394 g/mol. The van der Waals surface area contributed by atoms with Gasteiger partial charge in [-0.05, 0) is 42.4 Å². The first-order chi connectivity index (χ1) is 13.9. The van der Waals surface area contributed by atoms with E-state index in [9.17, 15) is 9.59 Å². The smallest absolute Gasteiger partial charge is 0.242 e. The van der Waals surface area contributed by atoms with Crippen molar-refractivity contribution in [2.24, 2.45) is 5.92 Å². The molecular weight excluding hydrogens is 360 g/mol. The maximum Gasteiger partial charge on any atom is 0.242 e. The highest BCUT2D eigenvalue weighted by atomic mass is 16.2. The average Bonchev–Trinajstić information content (AvgIpc) is 2.74. The van der Waals surface area contributed by atoms with E-state index < -0.39 is 6.04 Å². The first kappa shape index (κ1) is 22.7. The third-order valence-electron chi connectivity index (χ3n) is 5.11. The van der Waals surface area contributed by atoms with E-state index in [1.807, 2.05) is 37.3 Å². The number of rotatable bonds is 10. The van der Waals surface area contributed by atoms with Crippen LogP contribution in [0.4, 0.5) is 0 Å². The van der Waals surface area contributed by atoms with E-state index in [0.29, 0.717) is 31.8 Å². The van der Waals surface area contributed by atoms with Gasteiger partial charge in [-0.1, -0.05) is 75.4 Å². The Morgan fingerprint density at radius 1 is 0.897 bits per heavy atom. The Hall–Kier alpha value is -2.62. The van der Waals surface area contributed by atoms with Crippen LogP contribution in [0.2, 0.25) is 0 Å². The van der Waals surface area contributed by atoms with Gasteiger partial charge in [-0.2, -0.15) is 0 Å². The molecule has 0 aliphatic heterocycles. The molecule has 1 unspecified atom stereocenters. The lowest BCUT2D eigenvalue weighted by atomic mass is 10.0. The van der Waals surface area contributed by atoms with Crippen LogP contribution in [0.3, 0.4) is 0 Å². The third kappa shape index (κ3) is 7.37. The Labute approximate surface area is 175 Å². The van der Waals surface area contributed by atoms with Crippen LogP contribution in [0.15, 0.2) is 54.6 Å². The van der Waals surface area contributed by atoms with Gasteiger partial charge in [0.15, 0.2) is 0 Å². The molecule has 4 nitrogen and oxygen atoms in total. The summed E-state index contributed by atoms with van der Waals surface area (Å²) in [5.41, 5.74) is 3.46. The third-order valence-corrected chi connectivity index (χ3v) is 5.11. The zero-order chi connectivity index (χ0) is 21.2. The molecule has 0 bridgehead atoms. The molecule has 0 saturated heterocycles. The summed E-state index contributed by atoms with van der Waals surface area (Å²) in [7, 11) is 0. The molecule has 2 aromatic rings. The molecule has 0 spiro atoms. The molecule has 0 saturated carbocycles. The summed E-state index contributed by atoms with van der Waals surface area (Å²) in [4.78, 5) is 27.4. The SMILES string of the molecule is CCc1ccc(CCC(=O)N(Cc2ccccc2)C(C)C(=O)NCC(C)C)cc1. The van der Waals surface area contributed by atoms with Crippen LogP contribution < -0.4 is 5.32 Å². The summed E-state index contributed by atoms with van der Waals surface area (Å²) in [6.45, 7) is 9.10. The van der Waals surface area contributed by atoms with Crippen molar-refractivity contribution in [1.29, 1.82) is 0 Å². The van der Waals surface area contributed by atoms with Gasteiger partial charge in [0.2, 0.25) is 11.8 Å². The molecule has 2 amide bonds. The highest BCUT2D eigenvalue weighted by molar-refractivity contribution is 5.87. The Morgan fingerprint density at radius 2 is 1.52 bits per heavy atom. The van der Waals surface area contributed by atoms with Gasteiger partial charge in [0.05, 0.1) is 0 Å². The number of aryl methyl sites for hydroxylation is 2. The summed E-state index contributed by atoms with van der Waals surface area (Å²) in [6.07, 6.45) is 2.07. The number of nitrogens with one attached hydrogen (secondary N) is 1. The quantitative estimate of drug-likeness (QED) is 0.650. The van der Waals surface area contributed by atoms with E-state index in [0.717, 1.165) is 17.5 Å². The second-order valence-corrected chi connectivity index (χ2v) is 7.99. The maximum atomic E-state index is 13.1. The zero-order valence-corrected chi connectivity index (χ0v) is 18.2. The van der Waals surface area contributed by atoms with Gasteiger partial charge >= 0.3 is 0 Å². The molecule has 4 heteroatoms. The molecule has 0 radical (unpaired) electrons. The minimum Gasteiger partial charge on any atom is -0.354 e. The van der Waals surface area contributed by atoms with Crippen molar-refractivity contribution in [3.63, 3.8) is 0 Å². The molecule has 156 valence electrons. The first-order valence-corrected chi connectivity index (χ1v) is 10.6. The molecule has 0 fully saturated rings. The van der Waals surface area contributed by atoms with Gasteiger partial charge < -0.3 is 10.2 Å². The van der Waals surface area contributed by atoms with Crippen molar-refractivity contribution in [2.45, 2.75) is 59.5 Å². The topological polar surface area (TPSA) is 49.4 Å². The van der Waals surface area contributed by atoms with Gasteiger partial charge in [0.25, 0.3) is 0 Å². The van der Waals surface area contributed by atoms with E-state index in [1.54, 1.807) is 4.90 Å². The number of nitrogens with zero attached hydrogens (tertiary/aromatic N) is 1. The molecule has 1 N–H and O–H groups in total. The Morgan fingerprint density at radius 3 is 2.10 bits per heavy atom. The van der Waals surface area contributed by atoms with E-state index >= 15 is 0 Å². The zero-order valence-electron chi connectivity index (χ0n) is 18.2. The Kier molecular flexibility index (Phi) is 8.91. The van der Waals surface area contributed by atoms with Gasteiger partial charge in [0, 0.05) is 19.5 Å². The first-order valence-electron chi connectivity index (χ1n) is 10.6. The lowest BCUT2D eigenvalue weighted by Gasteiger charge is -2.29. The van der Waals surface area contributed by atoms with Crippen LogP contribution in [-0.4, -0.2) is 29.3 Å². The molecule has 0 aromatic heterocycles. The van der Waals surface area contributed by atoms with E-state index in [2.05, 4.69) is 50.4 Å². The number of hydrogen-bond donors (Lipinski definition) is 1. The van der Waals surface area contributed by atoms with Crippen molar-refractivity contribution in [1.82, 2.24) is 10.2 Å². The lowest BCUT2D eigenvalue weighted by molar-refractivity contribution is -0.140. The minimum atomic E-state index is -0.510. The highest BCUT2D eigenvalue weighted by Gasteiger charge is 2.25. The fourth-order valence-corrected chi connectivity index (χ4v) is 3.15. The summed E-state index contributed by atoms with van der Waals surface area (Å²) < 4.78 is 0. The largest absolute Gasteiger partial charge is 0.354 e. The van der Waals surface area contributed by atoms with Crippen molar-refractivity contribution in [3.8, 4) is 0 Å². The highest BCUT2D eigenvalue weighted by Crippen LogP contribution is 2.14. The fourth-order valence-electron chi connectivity index (χ4n) is 3.15. The molecule has 2 aromatic carbocycles. The molecule has 1 atom stereocenters. The molecule has 2 rings (SSSR count). The second-order valence-electron chi connectivity index (χ2n) is 7.99. The van der Waals surface area contributed by atoms with Crippen LogP contribution in [0, 0.1) is 5.92 Å². The average molecular weight is 395 g/mol. The summed E-state index contributed by atoms with van der Waals surface area (Å²) in [6, 6.07) is 17.7. The van der Waals surface area contributed by atoms with Gasteiger partial charge in [-0.15, -0.1) is 0 Å². The number of benzene rings is 2. The Bertz CT molecular complexity index is 769. The van der Waals surface area contributed by atoms with Gasteiger partial charge in [-0.3, -0.25) is 9.59 Å². The number of amides is 2. The molecule has 0 heterocycles. The molecule has 0 aliphatic carbocycles. The van der Waals surface area contributed by atoms with Crippen LogP contribution in [0.5, 0.6) is 0 Å². The van der Waals surface area contributed by atoms with Crippen LogP contribution in [0.25, 0.3) is 0 Å². The van der Waals surface area contributed by atoms with Gasteiger partial charge in [-0.25, -0.2) is 0 Å². The van der Waals surface area contributed by atoms with Crippen LogP contribution in [0.1, 0.15) is 50.8 Å². The van der Waals surface area contributed by atoms with E-state index in [4.69, 9.17) is 0 Å². The van der Waals surface area contributed by atoms with Crippen molar-refractivity contribution in [2.75, 3.05) is 6.54 Å². The Balaban J connectivity index is 2.07. The van der Waals surface area contributed by atoms with Crippen molar-refractivity contribution < 1.29 is 9.59 Å². The fraction of sp³-hybridized carbons (Fsp3) is 0.440. The standard InChI is InChI=1S/C25H34N2O2/c1-5-21-11-13-22(14-12-21)15-16-24(28)27(18-23-9-7-6-8-10-23)20(4)25(29)26-17-19(2)3/h6-14,19-20H,5,15-18H2,1-4H3,(H,26,29). The van der Waals surface area contributed by atoms with Crippen LogP contribution in [-0.2, 0) is 29.0 Å². The lowest BCUT2D eigenvalue weighted by Crippen LogP contribution is -2.48. The maximum absolute atomic E-state index is 13.1. The van der Waals surface area contributed by atoms with E-state index in [1.165, 1.54) is 5.56 Å². The summed E-state index contributed by atoms with van der Waals surface area (Å²) >= 11 is 0. The number of carbonyl (C=O) groups excluding carboxylic acids is 2. The molecule has 0 aliphatic rings. The number of hydrogen-bond acceptors (Lipinski definition) is 2. The van der Waals surface area contributed by atoms with E-state index in [-0.39, 0.29) is 11.8 Å². The summed E-state index contributed by atoms with van der Waals surface area (Å²) in [5, 5.41) is 2.96. The molecular formula is C25H34N2O2. The van der Waals surface area contributed by atoms with Crippen molar-refractivity contribution in [3.05, 3.63) is 71.3 Å². The predicted molar refractivity (Wildman–Crippen MR) is 118 cm³/mol. The minimum absolute atomic E-state index is 0.000572. The summed E-state index contributed by atoms with van der Waals surface area (Å²) in [5.74, 6) is 0.270. The second kappa shape index (κ2) is 11.4. The predicted octanol–water partition coefficient (Wildman–Crippen LogP) is 4.37. The van der Waals surface area contributed by atoms with Gasteiger partial charge in [0.1, 0.15) is 6.04 Å². The number of carbonyl (C=O) groups is 2. The van der Waals surface area contributed by atoms with Crippen molar-refractivity contribution >= 4 is 11.8 Å². The molecule has 29 heavy (non-hydrogen) atoms.